The highest BCUT2D eigenvalue weighted by atomic mass is 28.4. The molecule has 0 heterocycles. The van der Waals surface area contributed by atoms with Crippen molar-refractivity contribution in [2.24, 2.45) is 0 Å². The van der Waals surface area contributed by atoms with Crippen LogP contribution in [0.1, 0.15) is 45.2 Å². The Kier molecular flexibility index (Phi) is 5.54. The van der Waals surface area contributed by atoms with E-state index in [0.717, 1.165) is 18.6 Å². The summed E-state index contributed by atoms with van der Waals surface area (Å²) in [6.45, 7) is 15.9. The third-order valence-electron chi connectivity index (χ3n) is 4.55. The minimum Gasteiger partial charge on any atom is -0.543 e. The Bertz CT molecular complexity index is 487. The standard InChI is InChI=1S/C18H33NOSi/c1-10-11-15-13-16(19(6)7)14(2)12-17(15)20-21(8,9)18(3,4)5/h12-13H,10-11H2,1-9H3. The maximum Gasteiger partial charge on any atom is 0.250 e. The molecule has 0 saturated heterocycles. The van der Waals surface area contributed by atoms with Crippen molar-refractivity contribution in [3.05, 3.63) is 23.3 Å². The van der Waals surface area contributed by atoms with Crippen LogP contribution >= 0.6 is 0 Å². The van der Waals surface area contributed by atoms with Crippen LogP contribution in [0.3, 0.4) is 0 Å². The Morgan fingerprint density at radius 2 is 1.71 bits per heavy atom. The number of anilines is 1. The zero-order valence-corrected chi connectivity index (χ0v) is 16.4. The molecule has 0 saturated carbocycles. The summed E-state index contributed by atoms with van der Waals surface area (Å²) < 4.78 is 6.59. The van der Waals surface area contributed by atoms with Gasteiger partial charge in [0.05, 0.1) is 0 Å². The number of benzene rings is 1. The third-order valence-corrected chi connectivity index (χ3v) is 8.89. The Hall–Kier alpha value is -0.963. The van der Waals surface area contributed by atoms with Gasteiger partial charge in [0.25, 0.3) is 0 Å². The largest absolute Gasteiger partial charge is 0.543 e. The third kappa shape index (κ3) is 4.25. The topological polar surface area (TPSA) is 12.5 Å². The molecular weight excluding hydrogens is 274 g/mol. The average molecular weight is 308 g/mol. The van der Waals surface area contributed by atoms with Crippen molar-refractivity contribution in [2.75, 3.05) is 19.0 Å². The summed E-state index contributed by atoms with van der Waals surface area (Å²) in [6, 6.07) is 4.54. The van der Waals surface area contributed by atoms with Gasteiger partial charge in [0.1, 0.15) is 5.75 Å². The normalized spacial score (nSPS) is 12.4. The first kappa shape index (κ1) is 18.1. The van der Waals surface area contributed by atoms with E-state index in [1.54, 1.807) is 0 Å². The van der Waals surface area contributed by atoms with Gasteiger partial charge in [-0.3, -0.25) is 0 Å². The molecule has 0 aliphatic heterocycles. The fourth-order valence-electron chi connectivity index (χ4n) is 2.18. The van der Waals surface area contributed by atoms with Crippen molar-refractivity contribution < 1.29 is 4.43 Å². The van der Waals surface area contributed by atoms with Crippen molar-refractivity contribution in [2.45, 2.75) is 65.6 Å². The molecule has 1 aromatic rings. The van der Waals surface area contributed by atoms with E-state index in [9.17, 15) is 0 Å². The first-order valence-electron chi connectivity index (χ1n) is 7.99. The fourth-order valence-corrected chi connectivity index (χ4v) is 3.23. The van der Waals surface area contributed by atoms with E-state index < -0.39 is 8.32 Å². The van der Waals surface area contributed by atoms with Crippen LogP contribution in [0, 0.1) is 6.92 Å². The summed E-state index contributed by atoms with van der Waals surface area (Å²) in [4.78, 5) is 2.19. The van der Waals surface area contributed by atoms with Gasteiger partial charge in [0, 0.05) is 19.8 Å². The number of hydrogen-bond acceptors (Lipinski definition) is 2. The Labute approximate surface area is 132 Å². The Morgan fingerprint density at radius 1 is 1.14 bits per heavy atom. The summed E-state index contributed by atoms with van der Waals surface area (Å²) in [6.07, 6.45) is 2.22. The molecule has 0 N–H and O–H groups in total. The molecule has 120 valence electrons. The fraction of sp³-hybridized carbons (Fsp3) is 0.667. The Morgan fingerprint density at radius 3 is 2.14 bits per heavy atom. The van der Waals surface area contributed by atoms with Gasteiger partial charge in [0.15, 0.2) is 0 Å². The molecule has 1 aromatic carbocycles. The van der Waals surface area contributed by atoms with Gasteiger partial charge in [0.2, 0.25) is 8.32 Å². The average Bonchev–Trinajstić information content (AvgIpc) is 2.30. The zero-order chi connectivity index (χ0) is 16.4. The van der Waals surface area contributed by atoms with Crippen LogP contribution < -0.4 is 9.33 Å². The molecule has 0 aliphatic carbocycles. The molecule has 0 fully saturated rings. The summed E-state index contributed by atoms with van der Waals surface area (Å²) in [5.74, 6) is 1.10. The first-order chi connectivity index (χ1) is 9.49. The van der Waals surface area contributed by atoms with Crippen molar-refractivity contribution >= 4 is 14.0 Å². The summed E-state index contributed by atoms with van der Waals surface area (Å²) >= 11 is 0. The lowest BCUT2D eigenvalue weighted by Gasteiger charge is -2.37. The maximum atomic E-state index is 6.59. The number of hydrogen-bond donors (Lipinski definition) is 0. The van der Waals surface area contributed by atoms with Crippen LogP contribution in [0.4, 0.5) is 5.69 Å². The Balaban J connectivity index is 3.26. The molecule has 2 nitrogen and oxygen atoms in total. The predicted molar refractivity (Wildman–Crippen MR) is 97.3 cm³/mol. The second kappa shape index (κ2) is 6.43. The smallest absolute Gasteiger partial charge is 0.250 e. The monoisotopic (exact) mass is 307 g/mol. The van der Waals surface area contributed by atoms with Crippen LogP contribution in [0.15, 0.2) is 12.1 Å². The lowest BCUT2D eigenvalue weighted by atomic mass is 10.0. The molecule has 0 atom stereocenters. The van der Waals surface area contributed by atoms with E-state index >= 15 is 0 Å². The lowest BCUT2D eigenvalue weighted by molar-refractivity contribution is 0.486. The molecule has 0 radical (unpaired) electrons. The first-order valence-corrected chi connectivity index (χ1v) is 10.9. The van der Waals surface area contributed by atoms with Crippen molar-refractivity contribution in [3.63, 3.8) is 0 Å². The van der Waals surface area contributed by atoms with Crippen LogP contribution in [0.25, 0.3) is 0 Å². The van der Waals surface area contributed by atoms with E-state index in [0.29, 0.717) is 0 Å². The molecular formula is C18H33NOSi. The van der Waals surface area contributed by atoms with E-state index in [4.69, 9.17) is 4.43 Å². The van der Waals surface area contributed by atoms with Gasteiger partial charge in [-0.2, -0.15) is 0 Å². The van der Waals surface area contributed by atoms with Crippen LogP contribution in [0.5, 0.6) is 5.75 Å². The second-order valence-corrected chi connectivity index (χ2v) is 12.5. The molecule has 0 aliphatic rings. The van der Waals surface area contributed by atoms with E-state index in [1.165, 1.54) is 16.8 Å². The van der Waals surface area contributed by atoms with Gasteiger partial charge in [-0.15, -0.1) is 0 Å². The minimum absolute atomic E-state index is 0.227. The highest BCUT2D eigenvalue weighted by Gasteiger charge is 2.39. The SMILES string of the molecule is CCCc1cc(N(C)C)c(C)cc1O[Si](C)(C)C(C)(C)C. The highest BCUT2D eigenvalue weighted by molar-refractivity contribution is 6.74. The van der Waals surface area contributed by atoms with Gasteiger partial charge in [-0.05, 0) is 54.7 Å². The van der Waals surface area contributed by atoms with Gasteiger partial charge < -0.3 is 9.33 Å². The molecule has 0 amide bonds. The molecule has 0 aromatic heterocycles. The zero-order valence-electron chi connectivity index (χ0n) is 15.4. The number of rotatable bonds is 5. The van der Waals surface area contributed by atoms with Gasteiger partial charge >= 0.3 is 0 Å². The highest BCUT2D eigenvalue weighted by Crippen LogP contribution is 2.39. The van der Waals surface area contributed by atoms with Gasteiger partial charge in [-0.1, -0.05) is 34.1 Å². The predicted octanol–water partition coefficient (Wildman–Crippen LogP) is 5.40. The number of aryl methyl sites for hydroxylation is 2. The minimum atomic E-state index is -1.79. The molecule has 0 spiro atoms. The van der Waals surface area contributed by atoms with Crippen LogP contribution in [0.2, 0.25) is 18.1 Å². The van der Waals surface area contributed by atoms with Crippen LogP contribution in [-0.4, -0.2) is 22.4 Å². The number of nitrogens with zero attached hydrogens (tertiary/aromatic N) is 1. The maximum absolute atomic E-state index is 6.59. The van der Waals surface area contributed by atoms with Crippen molar-refractivity contribution in [1.29, 1.82) is 0 Å². The molecule has 1 rings (SSSR count). The van der Waals surface area contributed by atoms with E-state index in [2.05, 4.69) is 78.8 Å². The van der Waals surface area contributed by atoms with E-state index in [-0.39, 0.29) is 5.04 Å². The summed E-state index contributed by atoms with van der Waals surface area (Å²) in [5, 5.41) is 0.227. The second-order valence-electron chi connectivity index (χ2n) is 7.75. The van der Waals surface area contributed by atoms with Gasteiger partial charge in [-0.25, -0.2) is 0 Å². The van der Waals surface area contributed by atoms with Crippen LogP contribution in [-0.2, 0) is 6.42 Å². The molecule has 21 heavy (non-hydrogen) atoms. The molecule has 3 heteroatoms. The molecule has 0 unspecified atom stereocenters. The van der Waals surface area contributed by atoms with Crippen molar-refractivity contribution in [1.82, 2.24) is 0 Å². The van der Waals surface area contributed by atoms with Crippen molar-refractivity contribution in [3.8, 4) is 5.75 Å². The molecule has 0 bridgehead atoms. The summed E-state index contributed by atoms with van der Waals surface area (Å²) in [7, 11) is 2.42. The van der Waals surface area contributed by atoms with E-state index in [1.807, 2.05) is 0 Å². The quantitative estimate of drug-likeness (QED) is 0.675. The summed E-state index contributed by atoms with van der Waals surface area (Å²) in [5.41, 5.74) is 3.92. The lowest BCUT2D eigenvalue weighted by Crippen LogP contribution is -2.44.